The van der Waals surface area contributed by atoms with Crippen molar-refractivity contribution in [2.75, 3.05) is 5.32 Å². The molecule has 1 aliphatic rings. The van der Waals surface area contributed by atoms with Gasteiger partial charge in [-0.2, -0.15) is 9.78 Å². The molecule has 0 aromatic carbocycles. The molecule has 0 radical (unpaired) electrons. The minimum atomic E-state index is -0.0641. The summed E-state index contributed by atoms with van der Waals surface area (Å²) in [6.07, 6.45) is 3.83. The number of amides is 1. The van der Waals surface area contributed by atoms with Crippen LogP contribution >= 0.6 is 11.6 Å². The molecule has 8 heteroatoms. The van der Waals surface area contributed by atoms with Crippen molar-refractivity contribution < 1.29 is 4.79 Å². The zero-order chi connectivity index (χ0) is 16.7. The van der Waals surface area contributed by atoms with Gasteiger partial charge in [-0.25, -0.2) is 0 Å². The van der Waals surface area contributed by atoms with E-state index in [1.807, 2.05) is 19.1 Å². The summed E-state index contributed by atoms with van der Waals surface area (Å²) in [6.45, 7) is 1.92. The molecule has 3 aromatic rings. The largest absolute Gasteiger partial charge is 0.310 e. The Kier molecular flexibility index (Phi) is 3.50. The van der Waals surface area contributed by atoms with Crippen molar-refractivity contribution in [2.45, 2.75) is 19.3 Å². The summed E-state index contributed by atoms with van der Waals surface area (Å²) >= 11 is 5.80. The van der Waals surface area contributed by atoms with E-state index in [-0.39, 0.29) is 11.8 Å². The van der Waals surface area contributed by atoms with Crippen LogP contribution in [0.5, 0.6) is 0 Å². The highest BCUT2D eigenvalue weighted by molar-refractivity contribution is 6.29. The van der Waals surface area contributed by atoms with Gasteiger partial charge in [0.25, 0.3) is 0 Å². The second-order valence-corrected chi connectivity index (χ2v) is 5.95. The van der Waals surface area contributed by atoms with Crippen molar-refractivity contribution in [3.8, 4) is 5.82 Å². The summed E-state index contributed by atoms with van der Waals surface area (Å²) in [5.74, 6) is 1.000. The lowest BCUT2D eigenvalue weighted by molar-refractivity contribution is -0.116. The Morgan fingerprint density at radius 1 is 1.21 bits per heavy atom. The van der Waals surface area contributed by atoms with E-state index in [0.29, 0.717) is 23.2 Å². The molecule has 0 aliphatic carbocycles. The van der Waals surface area contributed by atoms with Gasteiger partial charge in [0.2, 0.25) is 5.91 Å². The van der Waals surface area contributed by atoms with E-state index < -0.39 is 0 Å². The van der Waals surface area contributed by atoms with Crippen LogP contribution in [-0.2, 0) is 4.79 Å². The lowest BCUT2D eigenvalue weighted by Crippen LogP contribution is -2.25. The number of carbonyl (C=O) groups is 1. The smallest absolute Gasteiger partial charge is 0.226 e. The van der Waals surface area contributed by atoms with E-state index in [2.05, 4.69) is 25.6 Å². The molecule has 3 aromatic heterocycles. The Hall–Kier alpha value is -2.80. The number of aryl methyl sites for hydroxylation is 1. The van der Waals surface area contributed by atoms with Crippen molar-refractivity contribution in [3.63, 3.8) is 0 Å². The molecule has 0 bridgehead atoms. The third-order valence-electron chi connectivity index (χ3n) is 4.05. The van der Waals surface area contributed by atoms with Crippen LogP contribution in [0.15, 0.2) is 36.7 Å². The fourth-order valence-corrected chi connectivity index (χ4v) is 3.12. The molecule has 0 saturated heterocycles. The highest BCUT2D eigenvalue weighted by atomic mass is 35.5. The Balaban J connectivity index is 1.87. The molecule has 120 valence electrons. The maximum absolute atomic E-state index is 12.2. The average Bonchev–Trinajstić information content (AvgIpc) is 2.92. The molecule has 4 rings (SSSR count). The molecule has 1 aliphatic heterocycles. The number of hydrogen-bond acceptors (Lipinski definition) is 5. The van der Waals surface area contributed by atoms with Crippen LogP contribution < -0.4 is 5.32 Å². The molecule has 4 heterocycles. The number of fused-ring (bicyclic) bond motifs is 1. The van der Waals surface area contributed by atoms with Gasteiger partial charge in [-0.3, -0.25) is 9.78 Å². The Bertz CT molecular complexity index is 906. The predicted octanol–water partition coefficient (Wildman–Crippen LogP) is 2.49. The Morgan fingerprint density at radius 2 is 2.00 bits per heavy atom. The van der Waals surface area contributed by atoms with Crippen LogP contribution in [-0.4, -0.2) is 30.9 Å². The summed E-state index contributed by atoms with van der Waals surface area (Å²) in [6, 6.07) is 7.19. The van der Waals surface area contributed by atoms with Gasteiger partial charge in [0.1, 0.15) is 5.82 Å². The van der Waals surface area contributed by atoms with Gasteiger partial charge in [-0.05, 0) is 36.8 Å². The standard InChI is InChI=1S/C16H13ClN6O/c1-9-15-11(10-4-6-18-7-5-10)8-14(24)19-16(15)23(22-9)13-3-2-12(17)20-21-13/h2-7,11H,8H2,1H3,(H,19,24)/t11-/m1/s1. The monoisotopic (exact) mass is 340 g/mol. The predicted molar refractivity (Wildman–Crippen MR) is 88.2 cm³/mol. The van der Waals surface area contributed by atoms with E-state index >= 15 is 0 Å². The van der Waals surface area contributed by atoms with Crippen LogP contribution in [0.2, 0.25) is 5.15 Å². The van der Waals surface area contributed by atoms with E-state index in [4.69, 9.17) is 11.6 Å². The van der Waals surface area contributed by atoms with Crippen molar-refractivity contribution in [3.05, 3.63) is 58.6 Å². The SMILES string of the molecule is Cc1nn(-c2ccc(Cl)nn2)c2c1[C@@H](c1ccncc1)CC(=O)N2. The Morgan fingerprint density at radius 3 is 2.71 bits per heavy atom. The average molecular weight is 341 g/mol. The second kappa shape index (κ2) is 5.68. The van der Waals surface area contributed by atoms with Crippen molar-refractivity contribution in [2.24, 2.45) is 0 Å². The van der Waals surface area contributed by atoms with E-state index in [1.54, 1.807) is 29.2 Å². The zero-order valence-corrected chi connectivity index (χ0v) is 13.5. The lowest BCUT2D eigenvalue weighted by Gasteiger charge is -2.24. The molecular formula is C16H13ClN6O. The summed E-state index contributed by atoms with van der Waals surface area (Å²) in [4.78, 5) is 16.3. The molecule has 0 unspecified atom stereocenters. The van der Waals surface area contributed by atoms with E-state index in [0.717, 1.165) is 16.8 Å². The second-order valence-electron chi connectivity index (χ2n) is 5.56. The van der Waals surface area contributed by atoms with Gasteiger partial charge < -0.3 is 5.32 Å². The summed E-state index contributed by atoms with van der Waals surface area (Å²) in [5.41, 5.74) is 2.85. The molecule has 1 amide bonds. The third-order valence-corrected chi connectivity index (χ3v) is 4.25. The minimum Gasteiger partial charge on any atom is -0.310 e. The Labute approximate surface area is 142 Å². The van der Waals surface area contributed by atoms with Crippen molar-refractivity contribution >= 4 is 23.3 Å². The topological polar surface area (TPSA) is 85.6 Å². The summed E-state index contributed by atoms with van der Waals surface area (Å²) in [7, 11) is 0. The lowest BCUT2D eigenvalue weighted by atomic mass is 9.86. The number of aromatic nitrogens is 5. The zero-order valence-electron chi connectivity index (χ0n) is 12.8. The number of rotatable bonds is 2. The van der Waals surface area contributed by atoms with Crippen LogP contribution in [0.1, 0.15) is 29.2 Å². The third kappa shape index (κ3) is 2.43. The number of hydrogen-bond donors (Lipinski definition) is 1. The number of pyridine rings is 1. The van der Waals surface area contributed by atoms with Crippen molar-refractivity contribution in [1.82, 2.24) is 25.0 Å². The first kappa shape index (κ1) is 14.8. The van der Waals surface area contributed by atoms with Gasteiger partial charge in [-0.15, -0.1) is 10.2 Å². The van der Waals surface area contributed by atoms with Crippen LogP contribution in [0.25, 0.3) is 5.82 Å². The number of halogens is 1. The van der Waals surface area contributed by atoms with Crippen LogP contribution in [0.3, 0.4) is 0 Å². The van der Waals surface area contributed by atoms with Gasteiger partial charge >= 0.3 is 0 Å². The van der Waals surface area contributed by atoms with Gasteiger partial charge in [0, 0.05) is 30.3 Å². The van der Waals surface area contributed by atoms with Crippen LogP contribution in [0.4, 0.5) is 5.82 Å². The van der Waals surface area contributed by atoms with Gasteiger partial charge in [-0.1, -0.05) is 11.6 Å². The first-order valence-electron chi connectivity index (χ1n) is 7.42. The van der Waals surface area contributed by atoms with Gasteiger partial charge in [0.15, 0.2) is 11.0 Å². The molecular weight excluding hydrogens is 328 g/mol. The summed E-state index contributed by atoms with van der Waals surface area (Å²) < 4.78 is 1.60. The molecule has 0 saturated carbocycles. The highest BCUT2D eigenvalue weighted by Gasteiger charge is 2.32. The normalized spacial score (nSPS) is 16.6. The van der Waals surface area contributed by atoms with Crippen molar-refractivity contribution in [1.29, 1.82) is 0 Å². The molecule has 0 spiro atoms. The molecule has 7 nitrogen and oxygen atoms in total. The molecule has 1 atom stereocenters. The quantitative estimate of drug-likeness (QED) is 0.774. The first-order chi connectivity index (χ1) is 11.6. The number of nitrogens with zero attached hydrogens (tertiary/aromatic N) is 5. The van der Waals surface area contributed by atoms with E-state index in [9.17, 15) is 4.79 Å². The molecule has 1 N–H and O–H groups in total. The summed E-state index contributed by atoms with van der Waals surface area (Å²) in [5, 5.41) is 15.6. The number of carbonyl (C=O) groups excluding carboxylic acids is 1. The minimum absolute atomic E-state index is 0.0626. The fraction of sp³-hybridized carbons (Fsp3) is 0.188. The fourth-order valence-electron chi connectivity index (χ4n) is 3.02. The maximum Gasteiger partial charge on any atom is 0.226 e. The first-order valence-corrected chi connectivity index (χ1v) is 7.80. The molecule has 24 heavy (non-hydrogen) atoms. The highest BCUT2D eigenvalue weighted by Crippen LogP contribution is 2.39. The molecule has 0 fully saturated rings. The number of nitrogens with one attached hydrogen (secondary N) is 1. The number of anilines is 1. The maximum atomic E-state index is 12.2. The van der Waals surface area contributed by atoms with E-state index in [1.165, 1.54) is 0 Å². The van der Waals surface area contributed by atoms with Crippen LogP contribution in [0, 0.1) is 6.92 Å². The van der Waals surface area contributed by atoms with Gasteiger partial charge in [0.05, 0.1) is 5.69 Å².